The van der Waals surface area contributed by atoms with Crippen molar-refractivity contribution in [2.75, 3.05) is 61.8 Å². The minimum atomic E-state index is -0.951. The Balaban J connectivity index is 0.000000539. The second-order valence-corrected chi connectivity index (χ2v) is 12.0. The predicted molar refractivity (Wildman–Crippen MR) is 173 cm³/mol. The lowest BCUT2D eigenvalue weighted by Crippen LogP contribution is -2.44. The van der Waals surface area contributed by atoms with E-state index in [4.69, 9.17) is 24.7 Å². The average molecular weight is 617 g/mol. The van der Waals surface area contributed by atoms with Crippen LogP contribution >= 0.6 is 0 Å². The lowest BCUT2D eigenvalue weighted by Gasteiger charge is -2.30. The summed E-state index contributed by atoms with van der Waals surface area (Å²) < 4.78 is 20.8. The van der Waals surface area contributed by atoms with E-state index in [2.05, 4.69) is 0 Å². The van der Waals surface area contributed by atoms with Crippen LogP contribution in [0.2, 0.25) is 0 Å². The number of hydrogen-bond acceptors (Lipinski definition) is 11. The van der Waals surface area contributed by atoms with Gasteiger partial charge in [0.2, 0.25) is 0 Å². The number of rotatable bonds is 7. The molecule has 2 aromatic rings. The van der Waals surface area contributed by atoms with Crippen molar-refractivity contribution in [3.63, 3.8) is 0 Å². The number of carbonyl (C=O) groups is 4. The topological polar surface area (TPSA) is 141 Å². The van der Waals surface area contributed by atoms with Crippen LogP contribution in [0.1, 0.15) is 76.1 Å². The summed E-state index contributed by atoms with van der Waals surface area (Å²) in [5.74, 6) is -1.04. The first-order chi connectivity index (χ1) is 20.2. The van der Waals surface area contributed by atoms with Gasteiger partial charge in [0.25, 0.3) is 0 Å². The molecule has 0 aliphatic heterocycles. The molecule has 0 bridgehead atoms. The first kappa shape index (κ1) is 37.5. The highest BCUT2D eigenvalue weighted by atomic mass is 16.6. The van der Waals surface area contributed by atoms with Gasteiger partial charge in [-0.3, -0.25) is 0 Å². The summed E-state index contributed by atoms with van der Waals surface area (Å²) in [6.45, 7) is 14.0. The third-order valence-corrected chi connectivity index (χ3v) is 5.43. The molecule has 0 aliphatic rings. The maximum atomic E-state index is 12.9. The van der Waals surface area contributed by atoms with Gasteiger partial charge in [-0.2, -0.15) is 4.90 Å². The standard InChI is InChI=1S/C21H32N2O6.C11H16N2O2/c1-10-27-17(24)15-12-11-14(22(8)9)13-16(15)23(18(25)28-20(2,3)4)19(26)29-21(5,6)7;1-4-15-11(14)9-6-5-8(13(2)3)7-10(9)12/h11-13H,10H2,1-9H3;5-7H,4,12H2,1-3H3. The zero-order chi connectivity index (χ0) is 34.0. The minimum Gasteiger partial charge on any atom is -0.462 e. The number of nitrogens with zero attached hydrogens (tertiary/aromatic N) is 3. The lowest BCUT2D eigenvalue weighted by molar-refractivity contribution is 0.0428. The van der Waals surface area contributed by atoms with Crippen molar-refractivity contribution in [1.82, 2.24) is 0 Å². The zero-order valence-electron chi connectivity index (χ0n) is 28.1. The van der Waals surface area contributed by atoms with Gasteiger partial charge in [0.15, 0.2) is 0 Å². The quantitative estimate of drug-likeness (QED) is 0.219. The number of esters is 2. The van der Waals surface area contributed by atoms with E-state index in [1.807, 2.05) is 25.1 Å². The van der Waals surface area contributed by atoms with Gasteiger partial charge in [0.05, 0.1) is 30.0 Å². The Morgan fingerprint density at radius 1 is 0.659 bits per heavy atom. The van der Waals surface area contributed by atoms with Crippen LogP contribution in [0.4, 0.5) is 32.3 Å². The number of carbonyl (C=O) groups excluding carboxylic acids is 4. The maximum Gasteiger partial charge on any atom is 0.424 e. The summed E-state index contributed by atoms with van der Waals surface area (Å²) in [5, 5.41) is 0. The van der Waals surface area contributed by atoms with E-state index in [0.29, 0.717) is 23.5 Å². The summed E-state index contributed by atoms with van der Waals surface area (Å²) in [6.07, 6.45) is -1.90. The van der Waals surface area contributed by atoms with Crippen molar-refractivity contribution in [2.45, 2.75) is 66.6 Å². The Labute approximate surface area is 261 Å². The Morgan fingerprint density at radius 2 is 1.05 bits per heavy atom. The Bertz CT molecular complexity index is 1280. The van der Waals surface area contributed by atoms with Crippen molar-refractivity contribution in [1.29, 1.82) is 0 Å². The molecule has 2 aromatic carbocycles. The molecular weight excluding hydrogens is 568 g/mol. The second kappa shape index (κ2) is 15.8. The molecular formula is C32H48N4O8. The summed E-state index contributed by atoms with van der Waals surface area (Å²) >= 11 is 0. The lowest BCUT2D eigenvalue weighted by atomic mass is 10.1. The number of amides is 2. The molecule has 12 heteroatoms. The first-order valence-electron chi connectivity index (χ1n) is 14.2. The molecule has 0 saturated carbocycles. The largest absolute Gasteiger partial charge is 0.462 e. The summed E-state index contributed by atoms with van der Waals surface area (Å²) in [4.78, 5) is 54.2. The van der Waals surface area contributed by atoms with Crippen molar-refractivity contribution >= 4 is 46.9 Å². The van der Waals surface area contributed by atoms with E-state index in [1.165, 1.54) is 6.07 Å². The number of nitrogen functional groups attached to an aromatic ring is 1. The molecule has 0 aliphatic carbocycles. The highest BCUT2D eigenvalue weighted by Crippen LogP contribution is 2.30. The van der Waals surface area contributed by atoms with Crippen LogP contribution in [0.15, 0.2) is 36.4 Å². The molecule has 0 fully saturated rings. The van der Waals surface area contributed by atoms with Gasteiger partial charge in [0.1, 0.15) is 11.2 Å². The predicted octanol–water partition coefficient (Wildman–Crippen LogP) is 6.12. The Hall–Kier alpha value is -4.48. The number of imide groups is 1. The van der Waals surface area contributed by atoms with E-state index in [9.17, 15) is 19.2 Å². The molecule has 2 amide bonds. The van der Waals surface area contributed by atoms with E-state index in [-0.39, 0.29) is 23.8 Å². The fourth-order valence-corrected chi connectivity index (χ4v) is 3.47. The van der Waals surface area contributed by atoms with Crippen LogP contribution in [0, 0.1) is 0 Å². The average Bonchev–Trinajstić information content (AvgIpc) is 2.87. The third kappa shape index (κ3) is 11.7. The van der Waals surface area contributed by atoms with Crippen LogP contribution in [0.25, 0.3) is 0 Å². The number of anilines is 4. The molecule has 0 heterocycles. The SMILES string of the molecule is CCOC(=O)c1ccc(N(C)C)cc1N.CCOC(=O)c1ccc(N(C)C)cc1N(C(=O)OC(C)(C)C)C(=O)OC(C)(C)C. The van der Waals surface area contributed by atoms with Crippen molar-refractivity contribution in [2.24, 2.45) is 0 Å². The maximum absolute atomic E-state index is 12.9. The van der Waals surface area contributed by atoms with Crippen molar-refractivity contribution in [3.8, 4) is 0 Å². The van der Waals surface area contributed by atoms with Crippen LogP contribution in [0.3, 0.4) is 0 Å². The van der Waals surface area contributed by atoms with E-state index < -0.39 is 29.4 Å². The number of ether oxygens (including phenoxy) is 4. The summed E-state index contributed by atoms with van der Waals surface area (Å²) in [6, 6.07) is 10.0. The van der Waals surface area contributed by atoms with Crippen molar-refractivity contribution in [3.05, 3.63) is 47.5 Å². The second-order valence-electron chi connectivity index (χ2n) is 12.0. The zero-order valence-corrected chi connectivity index (χ0v) is 28.1. The fraction of sp³-hybridized carbons (Fsp3) is 0.500. The monoisotopic (exact) mass is 616 g/mol. The van der Waals surface area contributed by atoms with E-state index in [1.54, 1.807) is 98.7 Å². The van der Waals surface area contributed by atoms with Crippen LogP contribution in [-0.4, -0.2) is 76.7 Å². The van der Waals surface area contributed by atoms with Gasteiger partial charge < -0.3 is 34.5 Å². The van der Waals surface area contributed by atoms with Crippen LogP contribution in [0.5, 0.6) is 0 Å². The molecule has 0 radical (unpaired) electrons. The molecule has 0 aromatic heterocycles. The Kier molecular flexibility index (Phi) is 13.5. The van der Waals surface area contributed by atoms with Gasteiger partial charge in [-0.1, -0.05) is 0 Å². The minimum absolute atomic E-state index is 0.0261. The van der Waals surface area contributed by atoms with Gasteiger partial charge in [-0.15, -0.1) is 0 Å². The molecule has 0 spiro atoms. The molecule has 12 nitrogen and oxygen atoms in total. The fourth-order valence-electron chi connectivity index (χ4n) is 3.47. The third-order valence-electron chi connectivity index (χ3n) is 5.43. The van der Waals surface area contributed by atoms with Gasteiger partial charge >= 0.3 is 24.1 Å². The number of nitrogens with two attached hydrogens (primary N) is 1. The van der Waals surface area contributed by atoms with Gasteiger partial charge in [-0.25, -0.2) is 19.2 Å². The molecule has 0 atom stereocenters. The molecule has 0 saturated heterocycles. The summed E-state index contributed by atoms with van der Waals surface area (Å²) in [5.41, 5.74) is 6.61. The smallest absolute Gasteiger partial charge is 0.424 e. The normalized spacial score (nSPS) is 10.9. The van der Waals surface area contributed by atoms with Crippen LogP contribution in [-0.2, 0) is 18.9 Å². The highest BCUT2D eigenvalue weighted by Gasteiger charge is 2.35. The number of hydrogen-bond donors (Lipinski definition) is 1. The highest BCUT2D eigenvalue weighted by molar-refractivity contribution is 6.14. The van der Waals surface area contributed by atoms with Gasteiger partial charge in [0, 0.05) is 45.3 Å². The summed E-state index contributed by atoms with van der Waals surface area (Å²) in [7, 11) is 7.43. The number of benzene rings is 2. The van der Waals surface area contributed by atoms with E-state index in [0.717, 1.165) is 10.6 Å². The molecule has 0 unspecified atom stereocenters. The van der Waals surface area contributed by atoms with Crippen molar-refractivity contribution < 1.29 is 38.1 Å². The molecule has 2 N–H and O–H groups in total. The Morgan fingerprint density at radius 3 is 1.41 bits per heavy atom. The molecule has 44 heavy (non-hydrogen) atoms. The van der Waals surface area contributed by atoms with Crippen LogP contribution < -0.4 is 20.4 Å². The van der Waals surface area contributed by atoms with E-state index >= 15 is 0 Å². The molecule has 244 valence electrons. The molecule has 2 rings (SSSR count). The first-order valence-corrected chi connectivity index (χ1v) is 14.2. The van der Waals surface area contributed by atoms with Gasteiger partial charge in [-0.05, 0) is 91.8 Å².